The SMILES string of the molecule is COc1cc(C=CC2C3=CCC4C(=O)N(C(C)(C)C)C(=O)C4C3CC3=C2C(=O)C=C(C)C3=O)cc(OC)c1O. The highest BCUT2D eigenvalue weighted by molar-refractivity contribution is 6.23. The van der Waals surface area contributed by atoms with Crippen molar-refractivity contribution < 1.29 is 33.8 Å². The molecule has 0 radical (unpaired) electrons. The molecule has 1 saturated heterocycles. The van der Waals surface area contributed by atoms with Gasteiger partial charge in [0.05, 0.1) is 26.1 Å². The molecule has 0 spiro atoms. The number of hydrogen-bond donors (Lipinski definition) is 1. The Morgan fingerprint density at radius 1 is 1.00 bits per heavy atom. The van der Waals surface area contributed by atoms with Crippen molar-refractivity contribution >= 4 is 29.5 Å². The molecule has 0 saturated carbocycles. The number of aromatic hydroxyl groups is 1. The van der Waals surface area contributed by atoms with E-state index in [0.717, 1.165) is 5.57 Å². The summed E-state index contributed by atoms with van der Waals surface area (Å²) in [5, 5.41) is 10.3. The number of rotatable bonds is 4. The number of carbonyl (C=O) groups excluding carboxylic acids is 4. The van der Waals surface area contributed by atoms with Crippen molar-refractivity contribution in [2.24, 2.45) is 23.7 Å². The van der Waals surface area contributed by atoms with E-state index in [9.17, 15) is 24.3 Å². The molecular weight excluding hydrogens is 498 g/mol. The molecule has 204 valence electrons. The lowest BCUT2D eigenvalue weighted by molar-refractivity contribution is -0.145. The van der Waals surface area contributed by atoms with Crippen molar-refractivity contribution in [3.8, 4) is 17.2 Å². The third-order valence-corrected chi connectivity index (χ3v) is 8.26. The van der Waals surface area contributed by atoms with Crippen LogP contribution in [0, 0.1) is 23.7 Å². The van der Waals surface area contributed by atoms with E-state index in [-0.39, 0.29) is 53.0 Å². The highest BCUT2D eigenvalue weighted by Crippen LogP contribution is 2.53. The van der Waals surface area contributed by atoms with Crippen LogP contribution in [0.3, 0.4) is 0 Å². The molecule has 5 rings (SSSR count). The Hall–Kier alpha value is -3.94. The number of nitrogens with zero attached hydrogens (tertiary/aromatic N) is 1. The van der Waals surface area contributed by atoms with Crippen molar-refractivity contribution in [3.05, 3.63) is 58.2 Å². The zero-order valence-corrected chi connectivity index (χ0v) is 23.0. The number of hydrogen-bond acceptors (Lipinski definition) is 7. The van der Waals surface area contributed by atoms with E-state index in [0.29, 0.717) is 28.7 Å². The molecular formula is C31H33NO7. The van der Waals surface area contributed by atoms with E-state index in [1.165, 1.54) is 25.2 Å². The predicted molar refractivity (Wildman–Crippen MR) is 144 cm³/mol. The normalized spacial score (nSPS) is 26.9. The maximum atomic E-state index is 13.7. The van der Waals surface area contributed by atoms with Gasteiger partial charge in [-0.2, -0.15) is 0 Å². The number of ketones is 2. The summed E-state index contributed by atoms with van der Waals surface area (Å²) in [6, 6.07) is 3.29. The summed E-state index contributed by atoms with van der Waals surface area (Å²) in [7, 11) is 2.88. The van der Waals surface area contributed by atoms with Gasteiger partial charge in [0.25, 0.3) is 0 Å². The zero-order valence-electron chi connectivity index (χ0n) is 23.0. The number of fused-ring (bicyclic) bond motifs is 3. The van der Waals surface area contributed by atoms with Gasteiger partial charge in [0, 0.05) is 28.2 Å². The number of allylic oxidation sites excluding steroid dienone is 7. The number of phenolic OH excluding ortho intramolecular Hbond substituents is 1. The molecule has 1 heterocycles. The van der Waals surface area contributed by atoms with Crippen LogP contribution in [0.1, 0.15) is 46.1 Å². The summed E-state index contributed by atoms with van der Waals surface area (Å²) in [5.74, 6) is -2.43. The highest BCUT2D eigenvalue weighted by atomic mass is 16.5. The molecule has 8 heteroatoms. The predicted octanol–water partition coefficient (Wildman–Crippen LogP) is 4.18. The zero-order chi connectivity index (χ0) is 28.4. The van der Waals surface area contributed by atoms with Crippen LogP contribution in [0.4, 0.5) is 0 Å². The average Bonchev–Trinajstić information content (AvgIpc) is 3.15. The van der Waals surface area contributed by atoms with E-state index in [1.807, 2.05) is 32.9 Å². The van der Waals surface area contributed by atoms with E-state index >= 15 is 0 Å². The molecule has 4 unspecified atom stereocenters. The summed E-state index contributed by atoms with van der Waals surface area (Å²) >= 11 is 0. The van der Waals surface area contributed by atoms with Crippen LogP contribution in [0.2, 0.25) is 0 Å². The Morgan fingerprint density at radius 3 is 2.23 bits per heavy atom. The fourth-order valence-corrected chi connectivity index (χ4v) is 6.54. The van der Waals surface area contributed by atoms with E-state index in [2.05, 4.69) is 0 Å². The average molecular weight is 532 g/mol. The summed E-state index contributed by atoms with van der Waals surface area (Å²) in [4.78, 5) is 55.0. The minimum absolute atomic E-state index is 0.123. The monoisotopic (exact) mass is 531 g/mol. The summed E-state index contributed by atoms with van der Waals surface area (Å²) in [5.41, 5.74) is 2.11. The molecule has 1 N–H and O–H groups in total. The minimum Gasteiger partial charge on any atom is -0.502 e. The lowest BCUT2D eigenvalue weighted by Gasteiger charge is -2.41. The standard InChI is InChI=1S/C31H33NO7/c1-15-11-22(33)25-18(8-7-16-12-23(38-5)28(35)24(13-16)39-6)17-9-10-19-26(20(17)14-21(25)27(15)34)30(37)32(29(19)36)31(2,3)4/h7-9,11-13,18-20,26,35H,10,14H2,1-6H3. The van der Waals surface area contributed by atoms with E-state index in [1.54, 1.807) is 25.1 Å². The maximum absolute atomic E-state index is 13.7. The van der Waals surface area contributed by atoms with Crippen LogP contribution >= 0.6 is 0 Å². The van der Waals surface area contributed by atoms with Gasteiger partial charge < -0.3 is 14.6 Å². The van der Waals surface area contributed by atoms with Crippen LogP contribution in [0.25, 0.3) is 6.08 Å². The molecule has 4 aliphatic rings. The summed E-state index contributed by atoms with van der Waals surface area (Å²) in [6.45, 7) is 7.17. The second-order valence-corrected chi connectivity index (χ2v) is 11.6. The van der Waals surface area contributed by atoms with Gasteiger partial charge in [-0.3, -0.25) is 24.1 Å². The minimum atomic E-state index is -0.656. The van der Waals surface area contributed by atoms with Crippen LogP contribution < -0.4 is 9.47 Å². The van der Waals surface area contributed by atoms with Gasteiger partial charge in [0.2, 0.25) is 17.6 Å². The Labute approximate surface area is 227 Å². The lowest BCUT2D eigenvalue weighted by atomic mass is 9.60. The van der Waals surface area contributed by atoms with Gasteiger partial charge in [-0.1, -0.05) is 23.8 Å². The van der Waals surface area contributed by atoms with Gasteiger partial charge in [-0.15, -0.1) is 0 Å². The van der Waals surface area contributed by atoms with Gasteiger partial charge in [0.15, 0.2) is 23.1 Å². The summed E-state index contributed by atoms with van der Waals surface area (Å²) < 4.78 is 10.6. The first kappa shape index (κ1) is 26.7. The fourth-order valence-electron chi connectivity index (χ4n) is 6.54. The topological polar surface area (TPSA) is 110 Å². The molecule has 39 heavy (non-hydrogen) atoms. The Kier molecular flexibility index (Phi) is 6.40. The quantitative estimate of drug-likeness (QED) is 0.353. The third kappa shape index (κ3) is 4.13. The first-order valence-electron chi connectivity index (χ1n) is 13.1. The number of imide groups is 1. The molecule has 1 aromatic rings. The molecule has 1 aromatic carbocycles. The van der Waals surface area contributed by atoms with Crippen molar-refractivity contribution in [2.75, 3.05) is 14.2 Å². The molecule has 1 fully saturated rings. The number of methoxy groups -OCH3 is 2. The number of phenols is 1. The highest BCUT2D eigenvalue weighted by Gasteiger charge is 2.57. The van der Waals surface area contributed by atoms with Gasteiger partial charge >= 0.3 is 0 Å². The Balaban J connectivity index is 1.62. The molecule has 0 bridgehead atoms. The molecule has 0 aromatic heterocycles. The number of likely N-dealkylation sites (tertiary alicyclic amines) is 1. The second-order valence-electron chi connectivity index (χ2n) is 11.6. The third-order valence-electron chi connectivity index (χ3n) is 8.26. The van der Waals surface area contributed by atoms with Gasteiger partial charge in [0.1, 0.15) is 0 Å². The lowest BCUT2D eigenvalue weighted by Crippen LogP contribution is -2.46. The van der Waals surface area contributed by atoms with Crippen molar-refractivity contribution in [2.45, 2.75) is 46.1 Å². The number of amides is 2. The van der Waals surface area contributed by atoms with E-state index in [4.69, 9.17) is 9.47 Å². The first-order chi connectivity index (χ1) is 18.4. The maximum Gasteiger partial charge on any atom is 0.234 e. The number of ether oxygens (including phenoxy) is 2. The number of Topliss-reactive ketones (excluding diaryl/α,β-unsaturated/α-hetero) is 1. The van der Waals surface area contributed by atoms with E-state index < -0.39 is 23.3 Å². The molecule has 8 nitrogen and oxygen atoms in total. The molecule has 4 atom stereocenters. The van der Waals surface area contributed by atoms with Crippen molar-refractivity contribution in [3.63, 3.8) is 0 Å². The van der Waals surface area contributed by atoms with Gasteiger partial charge in [-0.05, 0) is 70.2 Å². The second kappa shape index (κ2) is 9.36. The van der Waals surface area contributed by atoms with Crippen LogP contribution in [-0.4, -0.2) is 53.1 Å². The van der Waals surface area contributed by atoms with Crippen molar-refractivity contribution in [1.29, 1.82) is 0 Å². The summed E-state index contributed by atoms with van der Waals surface area (Å²) in [6.07, 6.45) is 7.66. The Morgan fingerprint density at radius 2 is 1.64 bits per heavy atom. The van der Waals surface area contributed by atoms with Gasteiger partial charge in [-0.25, -0.2) is 0 Å². The molecule has 1 aliphatic heterocycles. The largest absolute Gasteiger partial charge is 0.502 e. The first-order valence-corrected chi connectivity index (χ1v) is 13.1. The fraction of sp³-hybridized carbons (Fsp3) is 0.419. The van der Waals surface area contributed by atoms with Crippen LogP contribution in [0.15, 0.2) is 52.7 Å². The molecule has 2 amide bonds. The van der Waals surface area contributed by atoms with Crippen LogP contribution in [0.5, 0.6) is 17.2 Å². The number of carbonyl (C=O) groups is 4. The van der Waals surface area contributed by atoms with Crippen LogP contribution in [-0.2, 0) is 19.2 Å². The number of benzene rings is 1. The van der Waals surface area contributed by atoms with Crippen molar-refractivity contribution in [1.82, 2.24) is 4.90 Å². The Bertz CT molecular complexity index is 1410. The molecule has 3 aliphatic carbocycles. The smallest absolute Gasteiger partial charge is 0.234 e.